The SMILES string of the molecule is O=C(CC1CCSCC1)NCC(O)c1ccccc1F. The Kier molecular flexibility index (Phi) is 5.86. The highest BCUT2D eigenvalue weighted by atomic mass is 32.2. The van der Waals surface area contributed by atoms with Gasteiger partial charge in [0.2, 0.25) is 5.91 Å². The lowest BCUT2D eigenvalue weighted by Gasteiger charge is -2.21. The van der Waals surface area contributed by atoms with E-state index in [-0.39, 0.29) is 18.0 Å². The lowest BCUT2D eigenvalue weighted by Crippen LogP contribution is -2.30. The van der Waals surface area contributed by atoms with Crippen LogP contribution in [0, 0.1) is 11.7 Å². The molecular formula is C15H20FNO2S. The average Bonchev–Trinajstić information content (AvgIpc) is 2.46. The van der Waals surface area contributed by atoms with Crippen LogP contribution < -0.4 is 5.32 Å². The van der Waals surface area contributed by atoms with Crippen LogP contribution in [-0.4, -0.2) is 29.1 Å². The Bertz CT molecular complexity index is 449. The molecule has 0 saturated carbocycles. The van der Waals surface area contributed by atoms with Gasteiger partial charge in [-0.05, 0) is 36.3 Å². The maximum absolute atomic E-state index is 13.5. The van der Waals surface area contributed by atoms with Crippen LogP contribution >= 0.6 is 11.8 Å². The van der Waals surface area contributed by atoms with Crippen molar-refractivity contribution >= 4 is 17.7 Å². The first kappa shape index (κ1) is 15.3. The molecule has 0 bridgehead atoms. The van der Waals surface area contributed by atoms with E-state index in [1.807, 2.05) is 11.8 Å². The number of thioether (sulfide) groups is 1. The Balaban J connectivity index is 1.76. The normalized spacial score (nSPS) is 17.7. The van der Waals surface area contributed by atoms with Crippen molar-refractivity contribution in [3.05, 3.63) is 35.6 Å². The van der Waals surface area contributed by atoms with Crippen LogP contribution in [0.3, 0.4) is 0 Å². The van der Waals surface area contributed by atoms with Crippen LogP contribution in [0.4, 0.5) is 4.39 Å². The number of carbonyl (C=O) groups is 1. The molecule has 1 fully saturated rings. The van der Waals surface area contributed by atoms with Crippen LogP contribution in [0.5, 0.6) is 0 Å². The number of halogens is 1. The topological polar surface area (TPSA) is 49.3 Å². The van der Waals surface area contributed by atoms with Gasteiger partial charge >= 0.3 is 0 Å². The van der Waals surface area contributed by atoms with Gasteiger partial charge in [-0.2, -0.15) is 11.8 Å². The Hall–Kier alpha value is -1.07. The molecule has 110 valence electrons. The first-order valence-electron chi connectivity index (χ1n) is 6.93. The Labute approximate surface area is 123 Å². The number of aliphatic hydroxyl groups is 1. The fourth-order valence-electron chi connectivity index (χ4n) is 2.35. The summed E-state index contributed by atoms with van der Waals surface area (Å²) in [6, 6.07) is 6.08. The van der Waals surface area contributed by atoms with Gasteiger partial charge < -0.3 is 10.4 Å². The fourth-order valence-corrected chi connectivity index (χ4v) is 3.55. The zero-order valence-electron chi connectivity index (χ0n) is 11.3. The highest BCUT2D eigenvalue weighted by molar-refractivity contribution is 7.99. The third-order valence-corrected chi connectivity index (χ3v) is 4.62. The van der Waals surface area contributed by atoms with E-state index in [1.54, 1.807) is 12.1 Å². The van der Waals surface area contributed by atoms with Gasteiger partial charge in [-0.25, -0.2) is 4.39 Å². The molecule has 1 unspecified atom stereocenters. The summed E-state index contributed by atoms with van der Waals surface area (Å²) in [5.74, 6) is 2.18. The van der Waals surface area contributed by atoms with Gasteiger partial charge in [0.1, 0.15) is 5.82 Å². The maximum atomic E-state index is 13.5. The highest BCUT2D eigenvalue weighted by Gasteiger charge is 2.18. The highest BCUT2D eigenvalue weighted by Crippen LogP contribution is 2.25. The number of aliphatic hydroxyl groups excluding tert-OH is 1. The number of amides is 1. The predicted octanol–water partition coefficient (Wildman–Crippen LogP) is 2.51. The lowest BCUT2D eigenvalue weighted by atomic mass is 9.98. The van der Waals surface area contributed by atoms with Crippen molar-refractivity contribution in [3.63, 3.8) is 0 Å². The molecule has 1 aliphatic heterocycles. The largest absolute Gasteiger partial charge is 0.386 e. The zero-order valence-corrected chi connectivity index (χ0v) is 12.2. The molecule has 0 radical (unpaired) electrons. The second-order valence-electron chi connectivity index (χ2n) is 5.10. The molecule has 1 heterocycles. The fraction of sp³-hybridized carbons (Fsp3) is 0.533. The zero-order chi connectivity index (χ0) is 14.4. The second kappa shape index (κ2) is 7.64. The molecule has 1 aliphatic rings. The van der Waals surface area contributed by atoms with E-state index < -0.39 is 11.9 Å². The summed E-state index contributed by atoms with van der Waals surface area (Å²) in [6.07, 6.45) is 1.66. The summed E-state index contributed by atoms with van der Waals surface area (Å²) >= 11 is 1.93. The summed E-state index contributed by atoms with van der Waals surface area (Å²) in [5.41, 5.74) is 0.224. The average molecular weight is 297 g/mol. The molecular weight excluding hydrogens is 277 g/mol. The summed E-state index contributed by atoms with van der Waals surface area (Å²) in [6.45, 7) is 0.0568. The van der Waals surface area contributed by atoms with Gasteiger partial charge in [0, 0.05) is 18.5 Å². The van der Waals surface area contributed by atoms with Gasteiger partial charge in [-0.15, -0.1) is 0 Å². The molecule has 0 spiro atoms. The van der Waals surface area contributed by atoms with Crippen molar-refractivity contribution < 1.29 is 14.3 Å². The lowest BCUT2D eigenvalue weighted by molar-refractivity contribution is -0.122. The van der Waals surface area contributed by atoms with Crippen molar-refractivity contribution in [1.82, 2.24) is 5.32 Å². The molecule has 0 aliphatic carbocycles. The van der Waals surface area contributed by atoms with E-state index in [4.69, 9.17) is 0 Å². The minimum absolute atomic E-state index is 0.0568. The first-order valence-corrected chi connectivity index (χ1v) is 8.09. The Morgan fingerprint density at radius 2 is 2.10 bits per heavy atom. The van der Waals surface area contributed by atoms with E-state index in [9.17, 15) is 14.3 Å². The molecule has 1 aromatic carbocycles. The smallest absolute Gasteiger partial charge is 0.220 e. The molecule has 1 atom stereocenters. The number of nitrogens with one attached hydrogen (secondary N) is 1. The van der Waals surface area contributed by atoms with Crippen LogP contribution in [0.15, 0.2) is 24.3 Å². The number of hydrogen-bond acceptors (Lipinski definition) is 3. The van der Waals surface area contributed by atoms with Crippen LogP contribution in [0.1, 0.15) is 30.9 Å². The third-order valence-electron chi connectivity index (χ3n) is 3.57. The molecule has 1 amide bonds. The Morgan fingerprint density at radius 3 is 2.80 bits per heavy atom. The van der Waals surface area contributed by atoms with Crippen molar-refractivity contribution in [3.8, 4) is 0 Å². The van der Waals surface area contributed by atoms with Gasteiger partial charge in [0.05, 0.1) is 6.10 Å². The molecule has 0 aromatic heterocycles. The van der Waals surface area contributed by atoms with Gasteiger partial charge in [-0.1, -0.05) is 18.2 Å². The summed E-state index contributed by atoms with van der Waals surface area (Å²) in [5, 5.41) is 12.6. The monoisotopic (exact) mass is 297 g/mol. The van der Waals surface area contributed by atoms with E-state index in [0.29, 0.717) is 12.3 Å². The number of hydrogen-bond donors (Lipinski definition) is 2. The summed E-state index contributed by atoms with van der Waals surface area (Å²) in [7, 11) is 0. The van der Waals surface area contributed by atoms with Crippen LogP contribution in [0.2, 0.25) is 0 Å². The molecule has 1 saturated heterocycles. The summed E-state index contributed by atoms with van der Waals surface area (Å²) in [4.78, 5) is 11.8. The maximum Gasteiger partial charge on any atom is 0.220 e. The van der Waals surface area contributed by atoms with E-state index >= 15 is 0 Å². The first-order chi connectivity index (χ1) is 9.66. The van der Waals surface area contributed by atoms with Gasteiger partial charge in [-0.3, -0.25) is 4.79 Å². The second-order valence-corrected chi connectivity index (χ2v) is 6.33. The van der Waals surface area contributed by atoms with Crippen molar-refractivity contribution in [1.29, 1.82) is 0 Å². The molecule has 3 nitrogen and oxygen atoms in total. The molecule has 5 heteroatoms. The van der Waals surface area contributed by atoms with E-state index in [0.717, 1.165) is 24.3 Å². The van der Waals surface area contributed by atoms with Crippen molar-refractivity contribution in [2.24, 2.45) is 5.92 Å². The quantitative estimate of drug-likeness (QED) is 0.878. The van der Waals surface area contributed by atoms with Crippen LogP contribution in [0.25, 0.3) is 0 Å². The van der Waals surface area contributed by atoms with Gasteiger partial charge in [0.15, 0.2) is 0 Å². The Morgan fingerprint density at radius 1 is 1.40 bits per heavy atom. The molecule has 20 heavy (non-hydrogen) atoms. The van der Waals surface area contributed by atoms with Crippen molar-refractivity contribution in [2.45, 2.75) is 25.4 Å². The summed E-state index contributed by atoms with van der Waals surface area (Å²) < 4.78 is 13.5. The molecule has 2 N–H and O–H groups in total. The van der Waals surface area contributed by atoms with Crippen LogP contribution in [-0.2, 0) is 4.79 Å². The third kappa shape index (κ3) is 4.49. The molecule has 1 aromatic rings. The number of rotatable bonds is 5. The standard InChI is InChI=1S/C15H20FNO2S/c16-13-4-2-1-3-12(13)14(18)10-17-15(19)9-11-5-7-20-8-6-11/h1-4,11,14,18H,5-10H2,(H,17,19). The minimum atomic E-state index is -0.998. The minimum Gasteiger partial charge on any atom is -0.386 e. The predicted molar refractivity (Wildman–Crippen MR) is 79.0 cm³/mol. The van der Waals surface area contributed by atoms with Gasteiger partial charge in [0.25, 0.3) is 0 Å². The number of carbonyl (C=O) groups excluding carboxylic acids is 1. The number of benzene rings is 1. The molecule has 2 rings (SSSR count). The van der Waals surface area contributed by atoms with E-state index in [1.165, 1.54) is 12.1 Å². The van der Waals surface area contributed by atoms with E-state index in [2.05, 4.69) is 5.32 Å². The van der Waals surface area contributed by atoms with Crippen molar-refractivity contribution in [2.75, 3.05) is 18.1 Å².